The molecule has 1 aliphatic rings. The number of esters is 2. The van der Waals surface area contributed by atoms with E-state index in [-0.39, 0.29) is 6.42 Å². The summed E-state index contributed by atoms with van der Waals surface area (Å²) >= 11 is 3.37. The number of halogens is 1. The molecule has 0 spiro atoms. The number of ketones is 1. The van der Waals surface area contributed by atoms with Gasteiger partial charge in [-0.15, -0.1) is 0 Å². The molecule has 2 rings (SSSR count). The number of carbonyl (C=O) groups is 3. The van der Waals surface area contributed by atoms with Crippen LogP contribution in [0, 0.1) is 11.8 Å². The third-order valence-corrected chi connectivity index (χ3v) is 5.37. The molecule has 1 aliphatic carbocycles. The van der Waals surface area contributed by atoms with Crippen LogP contribution in [0.15, 0.2) is 28.7 Å². The lowest BCUT2D eigenvalue weighted by Gasteiger charge is -2.44. The molecule has 0 unspecified atom stereocenters. The Hall–Kier alpha value is -1.73. The number of carbonyl (C=O) groups excluding carboxylic acids is 3. The maximum absolute atomic E-state index is 13.2. The standard InChI is InChI=1S/C23H31BrO6/c1-21(2,3)29-19(26)17-15(25)12-23(7,28)18(20(27)30-22(4,5)6)16(17)13-8-10-14(24)11-9-13/h8-11,16-18,28H,12H2,1-7H3/t16-,17-,18+,23-/m1/s1. The molecule has 0 aliphatic heterocycles. The van der Waals surface area contributed by atoms with Gasteiger partial charge in [-0.1, -0.05) is 28.1 Å². The number of Topliss-reactive ketones (excluding diaryl/α,β-unsaturated/α-hetero) is 1. The highest BCUT2D eigenvalue weighted by Gasteiger charge is 2.57. The van der Waals surface area contributed by atoms with E-state index in [1.165, 1.54) is 6.92 Å². The molecule has 1 fully saturated rings. The van der Waals surface area contributed by atoms with E-state index in [2.05, 4.69) is 15.9 Å². The first kappa shape index (κ1) is 24.5. The van der Waals surface area contributed by atoms with Gasteiger partial charge >= 0.3 is 11.9 Å². The van der Waals surface area contributed by atoms with Crippen LogP contribution >= 0.6 is 15.9 Å². The Kier molecular flexibility index (Phi) is 6.89. The summed E-state index contributed by atoms with van der Waals surface area (Å²) in [7, 11) is 0. The Morgan fingerprint density at radius 3 is 1.93 bits per heavy atom. The Balaban J connectivity index is 2.62. The smallest absolute Gasteiger partial charge is 0.317 e. The van der Waals surface area contributed by atoms with Gasteiger partial charge in [-0.25, -0.2) is 0 Å². The summed E-state index contributed by atoms with van der Waals surface area (Å²) in [5.41, 5.74) is -2.68. The van der Waals surface area contributed by atoms with Crippen LogP contribution in [-0.4, -0.2) is 39.6 Å². The molecule has 1 aromatic rings. The summed E-state index contributed by atoms with van der Waals surface area (Å²) in [6.45, 7) is 11.8. The van der Waals surface area contributed by atoms with Gasteiger partial charge < -0.3 is 14.6 Å². The lowest BCUT2D eigenvalue weighted by molar-refractivity contribution is -0.182. The fraction of sp³-hybridized carbons (Fsp3) is 0.609. The second kappa shape index (κ2) is 8.42. The number of ether oxygens (including phenoxy) is 2. The number of rotatable bonds is 3. The fourth-order valence-electron chi connectivity index (χ4n) is 3.83. The number of hydrogen-bond donors (Lipinski definition) is 1. The minimum absolute atomic E-state index is 0.339. The zero-order valence-corrected chi connectivity index (χ0v) is 20.2. The normalized spacial score (nSPS) is 27.5. The van der Waals surface area contributed by atoms with Crippen molar-refractivity contribution in [2.24, 2.45) is 11.8 Å². The van der Waals surface area contributed by atoms with Crippen LogP contribution in [0.3, 0.4) is 0 Å². The highest BCUT2D eigenvalue weighted by molar-refractivity contribution is 9.10. The number of benzene rings is 1. The van der Waals surface area contributed by atoms with Gasteiger partial charge in [-0.05, 0) is 66.2 Å². The summed E-state index contributed by atoms with van der Waals surface area (Å²) in [4.78, 5) is 39.3. The highest BCUT2D eigenvalue weighted by atomic mass is 79.9. The molecule has 4 atom stereocenters. The summed E-state index contributed by atoms with van der Waals surface area (Å²) in [6, 6.07) is 7.00. The molecule has 0 radical (unpaired) electrons. The molecule has 30 heavy (non-hydrogen) atoms. The van der Waals surface area contributed by atoms with Crippen LogP contribution in [0.25, 0.3) is 0 Å². The summed E-state index contributed by atoms with van der Waals surface area (Å²) < 4.78 is 11.9. The lowest BCUT2D eigenvalue weighted by Crippen LogP contribution is -2.56. The predicted octanol–water partition coefficient (Wildman–Crippen LogP) is 4.17. The van der Waals surface area contributed by atoms with Crippen LogP contribution in [0.5, 0.6) is 0 Å². The first-order valence-electron chi connectivity index (χ1n) is 9.98. The van der Waals surface area contributed by atoms with Crippen LogP contribution in [0.2, 0.25) is 0 Å². The first-order valence-corrected chi connectivity index (χ1v) is 10.8. The molecule has 0 heterocycles. The summed E-state index contributed by atoms with van der Waals surface area (Å²) in [6.07, 6.45) is -0.339. The molecule has 0 aromatic heterocycles. The van der Waals surface area contributed by atoms with E-state index in [0.717, 1.165) is 4.47 Å². The second-order valence-electron chi connectivity index (χ2n) is 10.1. The van der Waals surface area contributed by atoms with Gasteiger partial charge in [0.15, 0.2) is 5.78 Å². The zero-order chi connectivity index (χ0) is 23.1. The van der Waals surface area contributed by atoms with E-state index in [9.17, 15) is 19.5 Å². The minimum atomic E-state index is -1.67. The zero-order valence-electron chi connectivity index (χ0n) is 18.6. The third-order valence-electron chi connectivity index (χ3n) is 4.84. The molecule has 1 saturated carbocycles. The van der Waals surface area contributed by atoms with Crippen molar-refractivity contribution in [1.29, 1.82) is 0 Å². The van der Waals surface area contributed by atoms with Crippen molar-refractivity contribution in [1.82, 2.24) is 0 Å². The van der Waals surface area contributed by atoms with Gasteiger partial charge in [0, 0.05) is 16.8 Å². The van der Waals surface area contributed by atoms with Crippen LogP contribution in [0.4, 0.5) is 0 Å². The molecule has 6 nitrogen and oxygen atoms in total. The van der Waals surface area contributed by atoms with Crippen LogP contribution < -0.4 is 0 Å². The van der Waals surface area contributed by atoms with Crippen LogP contribution in [0.1, 0.15) is 66.4 Å². The van der Waals surface area contributed by atoms with Crippen molar-refractivity contribution >= 4 is 33.7 Å². The SMILES string of the molecule is CC(C)(C)OC(=O)[C@@H]1C(=O)C[C@@](C)(O)[C@H](C(=O)OC(C)(C)C)[C@@H]1c1ccc(Br)cc1. The van der Waals surface area contributed by atoms with E-state index in [0.29, 0.717) is 5.56 Å². The van der Waals surface area contributed by atoms with Crippen molar-refractivity contribution in [3.8, 4) is 0 Å². The molecule has 166 valence electrons. The molecule has 0 amide bonds. The molecule has 0 saturated heterocycles. The molecule has 1 N–H and O–H groups in total. The van der Waals surface area contributed by atoms with E-state index in [1.54, 1.807) is 65.8 Å². The quantitative estimate of drug-likeness (QED) is 0.513. The van der Waals surface area contributed by atoms with Gasteiger partial charge in [0.1, 0.15) is 17.1 Å². The van der Waals surface area contributed by atoms with Crippen molar-refractivity contribution in [3.05, 3.63) is 34.3 Å². The largest absolute Gasteiger partial charge is 0.460 e. The molecular weight excluding hydrogens is 452 g/mol. The predicted molar refractivity (Wildman–Crippen MR) is 116 cm³/mol. The van der Waals surface area contributed by atoms with Crippen molar-refractivity contribution in [2.75, 3.05) is 0 Å². The van der Waals surface area contributed by atoms with Gasteiger partial charge in [-0.3, -0.25) is 14.4 Å². The van der Waals surface area contributed by atoms with Crippen LogP contribution in [-0.2, 0) is 23.9 Å². The Labute approximate surface area is 186 Å². The lowest BCUT2D eigenvalue weighted by atomic mass is 9.61. The average Bonchev–Trinajstić information content (AvgIpc) is 2.50. The molecule has 7 heteroatoms. The van der Waals surface area contributed by atoms with E-state index >= 15 is 0 Å². The van der Waals surface area contributed by atoms with Gasteiger partial charge in [0.2, 0.25) is 0 Å². The maximum Gasteiger partial charge on any atom is 0.317 e. The monoisotopic (exact) mass is 482 g/mol. The topological polar surface area (TPSA) is 89.9 Å². The molecule has 0 bridgehead atoms. The van der Waals surface area contributed by atoms with E-state index in [4.69, 9.17) is 9.47 Å². The Bertz CT molecular complexity index is 814. The average molecular weight is 483 g/mol. The van der Waals surface area contributed by atoms with Gasteiger partial charge in [-0.2, -0.15) is 0 Å². The number of hydrogen-bond acceptors (Lipinski definition) is 6. The van der Waals surface area contributed by atoms with Gasteiger partial charge in [0.05, 0.1) is 11.5 Å². The van der Waals surface area contributed by atoms with Gasteiger partial charge in [0.25, 0.3) is 0 Å². The van der Waals surface area contributed by atoms with E-state index < -0.39 is 52.3 Å². The second-order valence-corrected chi connectivity index (χ2v) is 11.0. The van der Waals surface area contributed by atoms with Crippen molar-refractivity contribution in [3.63, 3.8) is 0 Å². The Morgan fingerprint density at radius 2 is 1.47 bits per heavy atom. The summed E-state index contributed by atoms with van der Waals surface area (Å²) in [5, 5.41) is 11.1. The van der Waals surface area contributed by atoms with Crippen molar-refractivity contribution < 1.29 is 29.0 Å². The fourth-order valence-corrected chi connectivity index (χ4v) is 4.10. The van der Waals surface area contributed by atoms with E-state index in [1.807, 2.05) is 0 Å². The third kappa shape index (κ3) is 5.91. The highest BCUT2D eigenvalue weighted by Crippen LogP contribution is 2.47. The first-order chi connectivity index (χ1) is 13.5. The Morgan fingerprint density at radius 1 is 1.00 bits per heavy atom. The molecule has 1 aromatic carbocycles. The summed E-state index contributed by atoms with van der Waals surface area (Å²) in [5.74, 6) is -5.07. The minimum Gasteiger partial charge on any atom is -0.460 e. The maximum atomic E-state index is 13.2. The molecular formula is C23H31BrO6. The van der Waals surface area contributed by atoms with Crippen molar-refractivity contribution in [2.45, 2.75) is 77.6 Å². The number of aliphatic hydroxyl groups is 1.